The number of para-hydroxylation sites is 1. The molecule has 1 aliphatic rings. The van der Waals surface area contributed by atoms with Gasteiger partial charge in [-0.25, -0.2) is 9.18 Å². The van der Waals surface area contributed by atoms with Gasteiger partial charge in [-0.1, -0.05) is 42.5 Å². The van der Waals surface area contributed by atoms with Crippen LogP contribution in [0.15, 0.2) is 73.1 Å². The minimum atomic E-state index is -0.466. The first-order valence-corrected chi connectivity index (χ1v) is 8.85. The quantitative estimate of drug-likeness (QED) is 0.418. The number of hydrogen-bond acceptors (Lipinski definition) is 2. The minimum Gasteiger partial charge on any atom is -0.342 e. The van der Waals surface area contributed by atoms with E-state index < -0.39 is 11.9 Å². The summed E-state index contributed by atoms with van der Waals surface area (Å²) < 4.78 is 16.0. The Labute approximate surface area is 161 Å². The highest BCUT2D eigenvalue weighted by atomic mass is 19.1. The van der Waals surface area contributed by atoms with Crippen molar-refractivity contribution in [3.63, 3.8) is 0 Å². The highest BCUT2D eigenvalue weighted by molar-refractivity contribution is 6.14. The number of benzene rings is 2. The molecule has 2 heterocycles. The number of halogens is 1. The van der Waals surface area contributed by atoms with Crippen molar-refractivity contribution in [1.82, 2.24) is 14.8 Å². The molecule has 0 bridgehead atoms. The van der Waals surface area contributed by atoms with E-state index in [0.29, 0.717) is 12.1 Å². The Hall–Kier alpha value is -3.67. The van der Waals surface area contributed by atoms with Crippen molar-refractivity contribution in [2.75, 3.05) is 6.54 Å². The van der Waals surface area contributed by atoms with E-state index in [-0.39, 0.29) is 18.1 Å². The zero-order chi connectivity index (χ0) is 19.7. The molecule has 0 atom stereocenters. The van der Waals surface area contributed by atoms with Crippen LogP contribution in [0.5, 0.6) is 0 Å². The van der Waals surface area contributed by atoms with Gasteiger partial charge in [-0.15, -0.1) is 6.58 Å². The molecule has 6 heteroatoms. The van der Waals surface area contributed by atoms with E-state index in [9.17, 15) is 14.0 Å². The highest BCUT2D eigenvalue weighted by Crippen LogP contribution is 2.26. The van der Waals surface area contributed by atoms with Crippen LogP contribution in [0, 0.1) is 5.82 Å². The molecule has 0 saturated carbocycles. The number of hydrogen-bond donors (Lipinski definition) is 1. The summed E-state index contributed by atoms with van der Waals surface area (Å²) in [5.74, 6) is -0.658. The van der Waals surface area contributed by atoms with Crippen LogP contribution in [0.4, 0.5) is 9.18 Å². The van der Waals surface area contributed by atoms with Crippen LogP contribution in [0.2, 0.25) is 0 Å². The van der Waals surface area contributed by atoms with Crippen LogP contribution < -0.4 is 5.32 Å². The maximum Gasteiger partial charge on any atom is 0.329 e. The molecular formula is C22H18FN3O2. The molecule has 3 aromatic rings. The van der Waals surface area contributed by atoms with Crippen molar-refractivity contribution in [2.45, 2.75) is 6.54 Å². The van der Waals surface area contributed by atoms with Gasteiger partial charge in [-0.05, 0) is 18.2 Å². The maximum atomic E-state index is 14.1. The van der Waals surface area contributed by atoms with Crippen LogP contribution in [-0.4, -0.2) is 28.0 Å². The van der Waals surface area contributed by atoms with Crippen LogP contribution >= 0.6 is 0 Å². The highest BCUT2D eigenvalue weighted by Gasteiger charge is 2.32. The fourth-order valence-electron chi connectivity index (χ4n) is 3.35. The van der Waals surface area contributed by atoms with Crippen molar-refractivity contribution in [1.29, 1.82) is 0 Å². The summed E-state index contributed by atoms with van der Waals surface area (Å²) in [6, 6.07) is 13.9. The molecule has 1 N–H and O–H groups in total. The first-order valence-electron chi connectivity index (χ1n) is 8.85. The number of nitrogens with zero attached hydrogens (tertiary/aromatic N) is 2. The summed E-state index contributed by atoms with van der Waals surface area (Å²) >= 11 is 0. The summed E-state index contributed by atoms with van der Waals surface area (Å²) in [5, 5.41) is 3.51. The maximum absolute atomic E-state index is 14.1. The van der Waals surface area contributed by atoms with Crippen molar-refractivity contribution in [3.05, 3.63) is 90.0 Å². The van der Waals surface area contributed by atoms with Gasteiger partial charge in [0.2, 0.25) is 0 Å². The average Bonchev–Trinajstić information content (AvgIpc) is 3.17. The number of aromatic nitrogens is 1. The molecule has 28 heavy (non-hydrogen) atoms. The Morgan fingerprint density at radius 2 is 1.82 bits per heavy atom. The van der Waals surface area contributed by atoms with E-state index in [0.717, 1.165) is 21.4 Å². The normalized spacial score (nSPS) is 15.5. The molecule has 0 unspecified atom stereocenters. The van der Waals surface area contributed by atoms with Gasteiger partial charge in [0.25, 0.3) is 5.91 Å². The van der Waals surface area contributed by atoms with Crippen molar-refractivity contribution in [3.8, 4) is 0 Å². The monoisotopic (exact) mass is 375 g/mol. The first kappa shape index (κ1) is 17.7. The molecule has 0 aliphatic carbocycles. The number of fused-ring (bicyclic) bond motifs is 1. The zero-order valence-electron chi connectivity index (χ0n) is 15.1. The largest absolute Gasteiger partial charge is 0.342 e. The van der Waals surface area contributed by atoms with Crippen molar-refractivity contribution in [2.24, 2.45) is 0 Å². The standard InChI is InChI=1S/C22H18FN3O2/c1-2-11-26-21(27)19(24-22(26)28)12-16-14-25(20-10-6-4-8-17(16)20)13-15-7-3-5-9-18(15)23/h2-10,12,14H,1,11,13H2,(H,24,28)/b19-12+. The number of rotatable bonds is 5. The van der Waals surface area contributed by atoms with Gasteiger partial charge in [0.1, 0.15) is 11.5 Å². The molecule has 3 amide bonds. The van der Waals surface area contributed by atoms with Gasteiger partial charge in [-0.2, -0.15) is 0 Å². The van der Waals surface area contributed by atoms with Crippen LogP contribution in [0.25, 0.3) is 17.0 Å². The summed E-state index contributed by atoms with van der Waals surface area (Å²) in [6.07, 6.45) is 5.02. The fraction of sp³-hybridized carbons (Fsp3) is 0.0909. The molecular weight excluding hydrogens is 357 g/mol. The number of amides is 3. The Morgan fingerprint density at radius 3 is 2.61 bits per heavy atom. The van der Waals surface area contributed by atoms with Gasteiger partial charge in [0, 0.05) is 34.8 Å². The lowest BCUT2D eigenvalue weighted by molar-refractivity contribution is -0.122. The Kier molecular flexibility index (Phi) is 4.53. The third kappa shape index (κ3) is 3.09. The lowest BCUT2D eigenvalue weighted by atomic mass is 10.1. The molecule has 1 saturated heterocycles. The molecule has 0 spiro atoms. The van der Waals surface area contributed by atoms with E-state index in [1.165, 1.54) is 12.1 Å². The zero-order valence-corrected chi connectivity index (χ0v) is 15.1. The van der Waals surface area contributed by atoms with Gasteiger partial charge in [0.15, 0.2) is 0 Å². The second-order valence-electron chi connectivity index (χ2n) is 6.51. The van der Waals surface area contributed by atoms with Crippen LogP contribution in [0.3, 0.4) is 0 Å². The van der Waals surface area contributed by atoms with Crippen LogP contribution in [-0.2, 0) is 11.3 Å². The number of carbonyl (C=O) groups excluding carboxylic acids is 2. The lowest BCUT2D eigenvalue weighted by Gasteiger charge is -2.06. The lowest BCUT2D eigenvalue weighted by Crippen LogP contribution is -2.30. The van der Waals surface area contributed by atoms with Crippen molar-refractivity contribution >= 4 is 28.9 Å². The predicted octanol–water partition coefficient (Wildman–Crippen LogP) is 3.91. The second kappa shape index (κ2) is 7.15. The fourth-order valence-corrected chi connectivity index (χ4v) is 3.35. The SMILES string of the molecule is C=CCN1C(=O)N/C(=C/c2cn(Cc3ccccc3F)c3ccccc23)C1=O. The van der Waals surface area contributed by atoms with Gasteiger partial charge < -0.3 is 9.88 Å². The predicted molar refractivity (Wildman–Crippen MR) is 106 cm³/mol. The molecule has 2 aromatic carbocycles. The third-order valence-corrected chi connectivity index (χ3v) is 4.69. The summed E-state index contributed by atoms with van der Waals surface area (Å²) in [4.78, 5) is 25.5. The second-order valence-corrected chi connectivity index (χ2v) is 6.51. The number of nitrogens with one attached hydrogen (secondary N) is 1. The number of carbonyl (C=O) groups is 2. The number of imide groups is 1. The minimum absolute atomic E-state index is 0.150. The average molecular weight is 375 g/mol. The smallest absolute Gasteiger partial charge is 0.329 e. The Bertz CT molecular complexity index is 1130. The molecule has 0 radical (unpaired) electrons. The first-order chi connectivity index (χ1) is 13.6. The van der Waals surface area contributed by atoms with Crippen molar-refractivity contribution < 1.29 is 14.0 Å². The Morgan fingerprint density at radius 1 is 1.07 bits per heavy atom. The Balaban J connectivity index is 1.75. The summed E-state index contributed by atoms with van der Waals surface area (Å²) in [5.41, 5.74) is 2.47. The third-order valence-electron chi connectivity index (χ3n) is 4.69. The van der Waals surface area contributed by atoms with E-state index in [1.807, 2.05) is 35.0 Å². The van der Waals surface area contributed by atoms with E-state index >= 15 is 0 Å². The van der Waals surface area contributed by atoms with Crippen LogP contribution in [0.1, 0.15) is 11.1 Å². The van der Waals surface area contributed by atoms with Gasteiger partial charge >= 0.3 is 6.03 Å². The van der Waals surface area contributed by atoms with E-state index in [1.54, 1.807) is 24.3 Å². The van der Waals surface area contributed by atoms with E-state index in [4.69, 9.17) is 0 Å². The van der Waals surface area contributed by atoms with Gasteiger partial charge in [-0.3, -0.25) is 9.69 Å². The summed E-state index contributed by atoms with van der Waals surface area (Å²) in [6.45, 7) is 4.08. The molecule has 1 aromatic heterocycles. The van der Waals surface area contributed by atoms with E-state index in [2.05, 4.69) is 11.9 Å². The molecule has 4 rings (SSSR count). The van der Waals surface area contributed by atoms with Gasteiger partial charge in [0.05, 0.1) is 6.54 Å². The molecule has 140 valence electrons. The molecule has 1 aliphatic heterocycles. The number of urea groups is 1. The molecule has 1 fully saturated rings. The molecule has 5 nitrogen and oxygen atoms in total. The topological polar surface area (TPSA) is 54.3 Å². The summed E-state index contributed by atoms with van der Waals surface area (Å²) in [7, 11) is 0.